The Balaban J connectivity index is 1.44. The van der Waals surface area contributed by atoms with Crippen molar-refractivity contribution in [3.63, 3.8) is 0 Å². The number of hydrogen-bond acceptors (Lipinski definition) is 3. The standard InChI is InChI=1S/C22H19NO2/c24-22-18(15-17-8-2-4-13-21(17)25-22)10-6-14-23-20-12-5-9-16-7-1-3-11-19(16)20/h1-5,7-9,11-13,15,23H,6,10,14H2. The maximum Gasteiger partial charge on any atom is 0.339 e. The summed E-state index contributed by atoms with van der Waals surface area (Å²) < 4.78 is 5.39. The summed E-state index contributed by atoms with van der Waals surface area (Å²) in [6, 6.07) is 24.1. The highest BCUT2D eigenvalue weighted by Crippen LogP contribution is 2.23. The van der Waals surface area contributed by atoms with Crippen molar-refractivity contribution in [2.75, 3.05) is 11.9 Å². The molecule has 0 amide bonds. The van der Waals surface area contributed by atoms with E-state index in [2.05, 4.69) is 35.6 Å². The van der Waals surface area contributed by atoms with E-state index in [1.54, 1.807) is 0 Å². The topological polar surface area (TPSA) is 42.2 Å². The van der Waals surface area contributed by atoms with Gasteiger partial charge in [-0.25, -0.2) is 4.79 Å². The third kappa shape index (κ3) is 3.26. The van der Waals surface area contributed by atoms with Crippen LogP contribution in [0.3, 0.4) is 0 Å². The van der Waals surface area contributed by atoms with Gasteiger partial charge in [-0.1, -0.05) is 54.6 Å². The molecule has 124 valence electrons. The second-order valence-corrected chi connectivity index (χ2v) is 6.15. The first-order valence-electron chi connectivity index (χ1n) is 8.55. The third-order valence-corrected chi connectivity index (χ3v) is 4.44. The molecule has 4 aromatic rings. The SMILES string of the molecule is O=c1oc2ccccc2cc1CCCNc1cccc2ccccc12. The summed E-state index contributed by atoms with van der Waals surface area (Å²) in [5.41, 5.74) is 2.27. The minimum atomic E-state index is -0.233. The van der Waals surface area contributed by atoms with Gasteiger partial charge in [-0.3, -0.25) is 0 Å². The van der Waals surface area contributed by atoms with Gasteiger partial charge in [-0.15, -0.1) is 0 Å². The molecule has 0 atom stereocenters. The molecule has 1 N–H and O–H groups in total. The van der Waals surface area contributed by atoms with E-state index < -0.39 is 0 Å². The molecule has 0 unspecified atom stereocenters. The highest BCUT2D eigenvalue weighted by molar-refractivity contribution is 5.93. The van der Waals surface area contributed by atoms with Gasteiger partial charge in [0.1, 0.15) is 5.58 Å². The van der Waals surface area contributed by atoms with E-state index in [-0.39, 0.29) is 5.63 Å². The Labute approximate surface area is 145 Å². The summed E-state index contributed by atoms with van der Waals surface area (Å²) in [5.74, 6) is 0. The lowest BCUT2D eigenvalue weighted by Crippen LogP contribution is -2.10. The molecule has 0 spiro atoms. The van der Waals surface area contributed by atoms with Gasteiger partial charge in [0.15, 0.2) is 0 Å². The van der Waals surface area contributed by atoms with Crippen molar-refractivity contribution in [3.8, 4) is 0 Å². The van der Waals surface area contributed by atoms with Gasteiger partial charge in [0.05, 0.1) is 0 Å². The summed E-state index contributed by atoms with van der Waals surface area (Å²) in [4.78, 5) is 12.1. The van der Waals surface area contributed by atoms with Crippen LogP contribution in [0.15, 0.2) is 82.0 Å². The molecular weight excluding hydrogens is 310 g/mol. The number of para-hydroxylation sites is 1. The number of anilines is 1. The predicted molar refractivity (Wildman–Crippen MR) is 103 cm³/mol. The van der Waals surface area contributed by atoms with Gasteiger partial charge >= 0.3 is 5.63 Å². The first kappa shape index (κ1) is 15.5. The van der Waals surface area contributed by atoms with Crippen molar-refractivity contribution in [3.05, 3.63) is 88.8 Å². The Bertz CT molecular complexity index is 1080. The third-order valence-electron chi connectivity index (χ3n) is 4.44. The zero-order valence-corrected chi connectivity index (χ0v) is 13.9. The van der Waals surface area contributed by atoms with Gasteiger partial charge in [0, 0.05) is 28.6 Å². The van der Waals surface area contributed by atoms with Crippen LogP contribution in [0.5, 0.6) is 0 Å². The van der Waals surface area contributed by atoms with Crippen molar-refractivity contribution in [2.24, 2.45) is 0 Å². The number of benzene rings is 3. The van der Waals surface area contributed by atoms with Crippen LogP contribution < -0.4 is 10.9 Å². The zero-order chi connectivity index (χ0) is 17.1. The van der Waals surface area contributed by atoms with E-state index in [0.29, 0.717) is 12.0 Å². The predicted octanol–water partition coefficient (Wildman–Crippen LogP) is 4.99. The molecule has 0 saturated carbocycles. The minimum Gasteiger partial charge on any atom is -0.423 e. The van der Waals surface area contributed by atoms with Crippen LogP contribution in [0.1, 0.15) is 12.0 Å². The fraction of sp³-hybridized carbons (Fsp3) is 0.136. The molecule has 0 fully saturated rings. The molecule has 4 rings (SSSR count). The van der Waals surface area contributed by atoms with Crippen LogP contribution in [-0.4, -0.2) is 6.54 Å². The van der Waals surface area contributed by atoms with Crippen LogP contribution in [0.25, 0.3) is 21.7 Å². The smallest absolute Gasteiger partial charge is 0.339 e. The highest BCUT2D eigenvalue weighted by atomic mass is 16.4. The van der Waals surface area contributed by atoms with E-state index in [1.165, 1.54) is 10.8 Å². The average molecular weight is 329 g/mol. The second kappa shape index (κ2) is 6.81. The Morgan fingerprint density at radius 2 is 1.60 bits per heavy atom. The van der Waals surface area contributed by atoms with Crippen LogP contribution in [0, 0.1) is 0 Å². The van der Waals surface area contributed by atoms with E-state index in [4.69, 9.17) is 4.42 Å². The molecule has 25 heavy (non-hydrogen) atoms. The van der Waals surface area contributed by atoms with E-state index in [9.17, 15) is 4.79 Å². The van der Waals surface area contributed by atoms with Crippen LogP contribution in [0.2, 0.25) is 0 Å². The number of fused-ring (bicyclic) bond motifs is 2. The van der Waals surface area contributed by atoms with Crippen molar-refractivity contribution in [1.29, 1.82) is 0 Å². The first-order valence-corrected chi connectivity index (χ1v) is 8.55. The van der Waals surface area contributed by atoms with Gasteiger partial charge < -0.3 is 9.73 Å². The fourth-order valence-corrected chi connectivity index (χ4v) is 3.16. The maximum absolute atomic E-state index is 12.1. The van der Waals surface area contributed by atoms with Crippen molar-refractivity contribution >= 4 is 27.4 Å². The molecule has 0 saturated heterocycles. The molecule has 0 aliphatic heterocycles. The number of rotatable bonds is 5. The largest absolute Gasteiger partial charge is 0.423 e. The molecule has 3 aromatic carbocycles. The van der Waals surface area contributed by atoms with E-state index >= 15 is 0 Å². The second-order valence-electron chi connectivity index (χ2n) is 6.15. The molecule has 1 heterocycles. The van der Waals surface area contributed by atoms with E-state index in [1.807, 2.05) is 42.5 Å². The molecule has 0 radical (unpaired) electrons. The number of nitrogens with one attached hydrogen (secondary N) is 1. The van der Waals surface area contributed by atoms with Crippen molar-refractivity contribution in [2.45, 2.75) is 12.8 Å². The molecule has 0 bridgehead atoms. The Kier molecular flexibility index (Phi) is 4.21. The van der Waals surface area contributed by atoms with Gasteiger partial charge in [-0.2, -0.15) is 0 Å². The molecule has 3 heteroatoms. The van der Waals surface area contributed by atoms with Gasteiger partial charge in [0.25, 0.3) is 0 Å². The lowest BCUT2D eigenvalue weighted by molar-refractivity contribution is 0.548. The molecular formula is C22H19NO2. The minimum absolute atomic E-state index is 0.233. The number of hydrogen-bond donors (Lipinski definition) is 1. The Morgan fingerprint density at radius 1 is 0.840 bits per heavy atom. The summed E-state index contributed by atoms with van der Waals surface area (Å²) in [5, 5.41) is 6.90. The lowest BCUT2D eigenvalue weighted by atomic mass is 10.1. The summed E-state index contributed by atoms with van der Waals surface area (Å²) in [6.45, 7) is 0.806. The highest BCUT2D eigenvalue weighted by Gasteiger charge is 2.05. The van der Waals surface area contributed by atoms with E-state index in [0.717, 1.165) is 29.6 Å². The molecule has 0 aliphatic carbocycles. The monoisotopic (exact) mass is 329 g/mol. The quantitative estimate of drug-likeness (QED) is 0.414. The Morgan fingerprint density at radius 3 is 2.52 bits per heavy atom. The van der Waals surface area contributed by atoms with Crippen LogP contribution in [-0.2, 0) is 6.42 Å². The maximum atomic E-state index is 12.1. The fourth-order valence-electron chi connectivity index (χ4n) is 3.16. The zero-order valence-electron chi connectivity index (χ0n) is 13.9. The molecule has 0 aliphatic rings. The molecule has 3 nitrogen and oxygen atoms in total. The normalized spacial score (nSPS) is 11.0. The van der Waals surface area contributed by atoms with Crippen molar-refractivity contribution < 1.29 is 4.42 Å². The average Bonchev–Trinajstić information content (AvgIpc) is 2.65. The van der Waals surface area contributed by atoms with Crippen LogP contribution in [0.4, 0.5) is 5.69 Å². The lowest BCUT2D eigenvalue weighted by Gasteiger charge is -2.09. The summed E-state index contributed by atoms with van der Waals surface area (Å²) in [6.07, 6.45) is 1.57. The Hall–Kier alpha value is -3.07. The van der Waals surface area contributed by atoms with Crippen LogP contribution >= 0.6 is 0 Å². The van der Waals surface area contributed by atoms with Gasteiger partial charge in [-0.05, 0) is 36.4 Å². The molecule has 1 aromatic heterocycles. The summed E-state index contributed by atoms with van der Waals surface area (Å²) >= 11 is 0. The summed E-state index contributed by atoms with van der Waals surface area (Å²) in [7, 11) is 0. The van der Waals surface area contributed by atoms with Gasteiger partial charge in [0.2, 0.25) is 0 Å². The first-order chi connectivity index (χ1) is 12.3. The van der Waals surface area contributed by atoms with Crippen molar-refractivity contribution in [1.82, 2.24) is 0 Å². The number of aryl methyl sites for hydroxylation is 1.